The van der Waals surface area contributed by atoms with Crippen molar-refractivity contribution in [2.24, 2.45) is 7.05 Å². The van der Waals surface area contributed by atoms with Gasteiger partial charge in [-0.15, -0.1) is 0 Å². The summed E-state index contributed by atoms with van der Waals surface area (Å²) in [6, 6.07) is 0.425. The molecule has 5 nitrogen and oxygen atoms in total. The van der Waals surface area contributed by atoms with Gasteiger partial charge in [-0.05, 0) is 35.3 Å². The zero-order valence-electron chi connectivity index (χ0n) is 10.1. The van der Waals surface area contributed by atoms with E-state index in [9.17, 15) is 4.79 Å². The van der Waals surface area contributed by atoms with Gasteiger partial charge in [0.1, 0.15) is 4.47 Å². The monoisotopic (exact) mass is 300 g/mol. The van der Waals surface area contributed by atoms with Gasteiger partial charge in [-0.2, -0.15) is 5.10 Å². The van der Waals surface area contributed by atoms with Crippen LogP contribution in [0.2, 0.25) is 0 Å². The van der Waals surface area contributed by atoms with Gasteiger partial charge in [0.25, 0.3) is 5.56 Å². The van der Waals surface area contributed by atoms with Crippen LogP contribution in [0.4, 0.5) is 5.69 Å². The molecule has 2 heterocycles. The standard InChI is InChI=1S/C11H17BrN4O/c1-15(8-4-3-5-13-6-8)9-7-14-16(2)11(17)10(9)12/h7-8,13H,3-6H2,1-2H3. The van der Waals surface area contributed by atoms with Crippen molar-refractivity contribution in [3.63, 3.8) is 0 Å². The molecule has 0 saturated carbocycles. The molecule has 1 N–H and O–H groups in total. The van der Waals surface area contributed by atoms with Crippen molar-refractivity contribution in [2.45, 2.75) is 18.9 Å². The molecule has 0 aliphatic carbocycles. The van der Waals surface area contributed by atoms with Crippen LogP contribution in [-0.2, 0) is 7.05 Å². The Bertz CT molecular complexity index is 453. The molecule has 1 fully saturated rings. The number of aromatic nitrogens is 2. The Hall–Kier alpha value is -0.880. The Labute approximate surface area is 109 Å². The summed E-state index contributed by atoms with van der Waals surface area (Å²) in [5.41, 5.74) is 0.764. The Balaban J connectivity index is 2.27. The first-order chi connectivity index (χ1) is 8.11. The van der Waals surface area contributed by atoms with E-state index in [0.29, 0.717) is 10.5 Å². The van der Waals surface area contributed by atoms with Gasteiger partial charge in [-0.3, -0.25) is 4.79 Å². The van der Waals surface area contributed by atoms with Crippen molar-refractivity contribution in [1.29, 1.82) is 0 Å². The quantitative estimate of drug-likeness (QED) is 0.875. The highest BCUT2D eigenvalue weighted by Gasteiger charge is 2.21. The van der Waals surface area contributed by atoms with E-state index in [1.165, 1.54) is 11.1 Å². The molecule has 1 unspecified atom stereocenters. The number of piperidine rings is 1. The third-order valence-electron chi connectivity index (χ3n) is 3.26. The van der Waals surface area contributed by atoms with Gasteiger partial charge in [0.05, 0.1) is 11.9 Å². The zero-order chi connectivity index (χ0) is 12.4. The number of anilines is 1. The van der Waals surface area contributed by atoms with Crippen LogP contribution < -0.4 is 15.8 Å². The largest absolute Gasteiger partial charge is 0.368 e. The molecule has 1 aliphatic heterocycles. The molecule has 1 aromatic rings. The van der Waals surface area contributed by atoms with Gasteiger partial charge in [0, 0.05) is 26.7 Å². The minimum Gasteiger partial charge on any atom is -0.368 e. The third kappa shape index (κ3) is 2.52. The normalized spacial score (nSPS) is 20.3. The number of hydrogen-bond acceptors (Lipinski definition) is 4. The van der Waals surface area contributed by atoms with Crippen LogP contribution >= 0.6 is 15.9 Å². The summed E-state index contributed by atoms with van der Waals surface area (Å²) in [4.78, 5) is 13.9. The fourth-order valence-corrected chi connectivity index (χ4v) is 2.75. The Morgan fingerprint density at radius 2 is 2.41 bits per heavy atom. The Morgan fingerprint density at radius 3 is 3.06 bits per heavy atom. The molecule has 1 aromatic heterocycles. The topological polar surface area (TPSA) is 50.2 Å². The summed E-state index contributed by atoms with van der Waals surface area (Å²) in [6.45, 7) is 2.04. The lowest BCUT2D eigenvalue weighted by Gasteiger charge is -2.33. The number of aryl methyl sites for hydroxylation is 1. The van der Waals surface area contributed by atoms with Crippen LogP contribution in [0.25, 0.3) is 0 Å². The summed E-state index contributed by atoms with van der Waals surface area (Å²) in [5, 5.41) is 7.44. The van der Waals surface area contributed by atoms with E-state index in [0.717, 1.165) is 25.2 Å². The van der Waals surface area contributed by atoms with Crippen molar-refractivity contribution in [3.05, 3.63) is 21.0 Å². The lowest BCUT2D eigenvalue weighted by molar-refractivity contribution is 0.444. The second-order valence-corrected chi connectivity index (χ2v) is 5.18. The molecule has 1 aliphatic rings. The van der Waals surface area contributed by atoms with Gasteiger partial charge in [-0.25, -0.2) is 4.68 Å². The van der Waals surface area contributed by atoms with E-state index in [2.05, 4.69) is 31.2 Å². The molecule has 17 heavy (non-hydrogen) atoms. The molecule has 0 bridgehead atoms. The number of nitrogens with one attached hydrogen (secondary N) is 1. The van der Waals surface area contributed by atoms with E-state index < -0.39 is 0 Å². The fourth-order valence-electron chi connectivity index (χ4n) is 2.11. The molecule has 6 heteroatoms. The molecule has 1 atom stereocenters. The molecule has 1 saturated heterocycles. The lowest BCUT2D eigenvalue weighted by atomic mass is 10.1. The minimum absolute atomic E-state index is 0.0990. The molecular formula is C11H17BrN4O. The first kappa shape index (κ1) is 12.6. The highest BCUT2D eigenvalue weighted by Crippen LogP contribution is 2.23. The van der Waals surface area contributed by atoms with E-state index in [-0.39, 0.29) is 5.56 Å². The number of rotatable bonds is 2. The van der Waals surface area contributed by atoms with Crippen LogP contribution in [0, 0.1) is 0 Å². The highest BCUT2D eigenvalue weighted by atomic mass is 79.9. The van der Waals surface area contributed by atoms with Gasteiger partial charge < -0.3 is 10.2 Å². The van der Waals surface area contributed by atoms with E-state index in [1.807, 2.05) is 7.05 Å². The van der Waals surface area contributed by atoms with Crippen molar-refractivity contribution in [1.82, 2.24) is 15.1 Å². The van der Waals surface area contributed by atoms with Crippen molar-refractivity contribution >= 4 is 21.6 Å². The van der Waals surface area contributed by atoms with E-state index >= 15 is 0 Å². The molecule has 0 aromatic carbocycles. The summed E-state index contributed by atoms with van der Waals surface area (Å²) in [6.07, 6.45) is 4.05. The summed E-state index contributed by atoms with van der Waals surface area (Å²) in [5.74, 6) is 0. The zero-order valence-corrected chi connectivity index (χ0v) is 11.7. The van der Waals surface area contributed by atoms with Gasteiger partial charge >= 0.3 is 0 Å². The third-order valence-corrected chi connectivity index (χ3v) is 4.00. The SMILES string of the molecule is CN(c1cnn(C)c(=O)c1Br)C1CCCNC1. The van der Waals surface area contributed by atoms with Gasteiger partial charge in [0.2, 0.25) is 0 Å². The Kier molecular flexibility index (Phi) is 3.83. The molecule has 0 amide bonds. The van der Waals surface area contributed by atoms with E-state index in [4.69, 9.17) is 0 Å². The average molecular weight is 301 g/mol. The predicted octanol–water partition coefficient (Wildman–Crippen LogP) is 0.731. The molecular weight excluding hydrogens is 284 g/mol. The Morgan fingerprint density at radius 1 is 1.65 bits per heavy atom. The van der Waals surface area contributed by atoms with E-state index in [1.54, 1.807) is 13.2 Å². The maximum atomic E-state index is 11.8. The molecule has 0 radical (unpaired) electrons. The first-order valence-corrected chi connectivity index (χ1v) is 6.56. The fraction of sp³-hybridized carbons (Fsp3) is 0.636. The number of nitrogens with zero attached hydrogens (tertiary/aromatic N) is 3. The average Bonchev–Trinajstić information content (AvgIpc) is 2.36. The maximum absolute atomic E-state index is 11.8. The lowest BCUT2D eigenvalue weighted by Crippen LogP contribution is -2.45. The van der Waals surface area contributed by atoms with Crippen molar-refractivity contribution < 1.29 is 0 Å². The van der Waals surface area contributed by atoms with Crippen LogP contribution in [0.5, 0.6) is 0 Å². The van der Waals surface area contributed by atoms with Crippen LogP contribution in [-0.4, -0.2) is 36.0 Å². The summed E-state index contributed by atoms with van der Waals surface area (Å²) < 4.78 is 1.92. The number of hydrogen-bond donors (Lipinski definition) is 1. The van der Waals surface area contributed by atoms with Crippen molar-refractivity contribution in [3.8, 4) is 0 Å². The minimum atomic E-state index is -0.0990. The van der Waals surface area contributed by atoms with Crippen LogP contribution in [0.15, 0.2) is 15.5 Å². The molecule has 0 spiro atoms. The first-order valence-electron chi connectivity index (χ1n) is 5.76. The highest BCUT2D eigenvalue weighted by molar-refractivity contribution is 9.10. The second kappa shape index (κ2) is 5.18. The maximum Gasteiger partial charge on any atom is 0.282 e. The van der Waals surface area contributed by atoms with Crippen LogP contribution in [0.3, 0.4) is 0 Å². The molecule has 94 valence electrons. The van der Waals surface area contributed by atoms with Crippen molar-refractivity contribution in [2.75, 3.05) is 25.0 Å². The van der Waals surface area contributed by atoms with Gasteiger partial charge in [-0.1, -0.05) is 0 Å². The molecule has 2 rings (SSSR count). The number of likely N-dealkylation sites (N-methyl/N-ethyl adjacent to an activating group) is 1. The summed E-state index contributed by atoms with van der Waals surface area (Å²) >= 11 is 3.36. The van der Waals surface area contributed by atoms with Gasteiger partial charge in [0.15, 0.2) is 0 Å². The summed E-state index contributed by atoms with van der Waals surface area (Å²) in [7, 11) is 3.66. The smallest absolute Gasteiger partial charge is 0.282 e. The number of halogens is 1. The second-order valence-electron chi connectivity index (χ2n) is 4.38. The predicted molar refractivity (Wildman–Crippen MR) is 71.5 cm³/mol. The van der Waals surface area contributed by atoms with Crippen LogP contribution in [0.1, 0.15) is 12.8 Å².